The van der Waals surface area contributed by atoms with Crippen molar-refractivity contribution in [3.63, 3.8) is 0 Å². The maximum absolute atomic E-state index is 13.4. The summed E-state index contributed by atoms with van der Waals surface area (Å²) in [5.74, 6) is -2.63. The van der Waals surface area contributed by atoms with Crippen LogP contribution in [0.25, 0.3) is 0 Å². The number of nitrogens with zero attached hydrogens (tertiary/aromatic N) is 1. The van der Waals surface area contributed by atoms with Gasteiger partial charge in [0.05, 0.1) is 25.8 Å². The second kappa shape index (κ2) is 10.0. The molecule has 0 radical (unpaired) electrons. The third-order valence-corrected chi connectivity index (χ3v) is 7.14. The van der Waals surface area contributed by atoms with Crippen molar-refractivity contribution in [2.45, 2.75) is 31.2 Å². The van der Waals surface area contributed by atoms with Crippen LogP contribution in [-0.4, -0.2) is 71.7 Å². The number of rotatable bonds is 7. The predicted molar refractivity (Wildman–Crippen MR) is 127 cm³/mol. The first-order valence-corrected chi connectivity index (χ1v) is 12.0. The first-order chi connectivity index (χ1) is 16.7. The maximum Gasteiger partial charge on any atom is 0.251 e. The highest BCUT2D eigenvalue weighted by molar-refractivity contribution is 7.10. The van der Waals surface area contributed by atoms with E-state index in [-0.39, 0.29) is 24.7 Å². The third kappa shape index (κ3) is 5.14. The minimum absolute atomic E-state index is 0.0275. The molecule has 3 amide bonds. The second-order valence-corrected chi connectivity index (χ2v) is 9.30. The summed E-state index contributed by atoms with van der Waals surface area (Å²) < 4.78 is 11.6. The number of phenols is 1. The number of amides is 3. The minimum atomic E-state index is -1.24. The highest BCUT2D eigenvalue weighted by Crippen LogP contribution is 2.37. The number of likely N-dealkylation sites (tertiary alicyclic amines) is 1. The summed E-state index contributed by atoms with van der Waals surface area (Å²) in [5.41, 5.74) is 6.40. The number of aromatic hydroxyl groups is 1. The summed E-state index contributed by atoms with van der Waals surface area (Å²) >= 11 is 1.37. The normalized spacial score (nSPS) is 19.5. The number of phenolic OH excluding ortho intramolecular Hbond substituents is 1. The first-order valence-electron chi connectivity index (χ1n) is 11.1. The fourth-order valence-electron chi connectivity index (χ4n) is 4.22. The van der Waals surface area contributed by atoms with E-state index in [1.165, 1.54) is 40.5 Å². The molecule has 0 saturated carbocycles. The van der Waals surface area contributed by atoms with Gasteiger partial charge in [0.2, 0.25) is 11.8 Å². The van der Waals surface area contributed by atoms with Crippen molar-refractivity contribution >= 4 is 34.9 Å². The molecule has 2 saturated heterocycles. The van der Waals surface area contributed by atoms with E-state index in [4.69, 9.17) is 20.6 Å². The fourth-order valence-corrected chi connectivity index (χ4v) is 5.14. The van der Waals surface area contributed by atoms with Crippen LogP contribution in [0.15, 0.2) is 35.7 Å². The Morgan fingerprint density at radius 3 is 2.57 bits per heavy atom. The summed E-state index contributed by atoms with van der Waals surface area (Å²) in [6, 6.07) is 5.96. The molecule has 2 aliphatic rings. The van der Waals surface area contributed by atoms with E-state index in [9.17, 15) is 19.5 Å². The Bertz CT molecular complexity index is 1130. The summed E-state index contributed by atoms with van der Waals surface area (Å²) in [6.07, 6.45) is 0.324. The lowest BCUT2D eigenvalue weighted by Crippen LogP contribution is -2.57. The van der Waals surface area contributed by atoms with Crippen LogP contribution in [0.5, 0.6) is 5.75 Å². The van der Waals surface area contributed by atoms with E-state index in [1.54, 1.807) is 18.4 Å². The Labute approximate surface area is 205 Å². The first kappa shape index (κ1) is 24.6. The standard InChI is InChI=1S/C23H27N5O6S/c1-13(17-10-15(12-35-17)20(24)25)27-22(32)19-23(33-8-9-34-23)6-7-28(19)18(30)11-26-21(31)14-2-4-16(29)5-3-14/h2-5,10,12-13,19,29H,6-9,11H2,1H3,(H3,24,25)(H,26,31)(H,27,32)/t13-,19-/m1/s1. The number of nitrogen functional groups attached to an aromatic ring is 1. The molecule has 0 bridgehead atoms. The maximum atomic E-state index is 13.4. The SMILES string of the molecule is C[C@@H](NC(=O)[C@H]1N(C(=O)CNC(=O)c2ccc(O)cc2)CCC12OCCO2)c1cc(C(=N)N)cs1. The summed E-state index contributed by atoms with van der Waals surface area (Å²) in [6.45, 7) is 2.34. The molecule has 1 aromatic heterocycles. The number of carbonyl (C=O) groups is 3. The number of thiophene rings is 1. The topological polar surface area (TPSA) is 167 Å². The van der Waals surface area contributed by atoms with Crippen LogP contribution in [0.3, 0.4) is 0 Å². The molecule has 1 aromatic carbocycles. The molecule has 2 aromatic rings. The van der Waals surface area contributed by atoms with Crippen LogP contribution in [0.1, 0.15) is 40.2 Å². The van der Waals surface area contributed by atoms with Crippen LogP contribution in [0.4, 0.5) is 0 Å². The van der Waals surface area contributed by atoms with Crippen molar-refractivity contribution in [2.75, 3.05) is 26.3 Å². The van der Waals surface area contributed by atoms with Crippen molar-refractivity contribution in [3.05, 3.63) is 51.7 Å². The monoisotopic (exact) mass is 501 g/mol. The highest BCUT2D eigenvalue weighted by Gasteiger charge is 2.57. The predicted octanol–water partition coefficient (Wildman–Crippen LogP) is 0.689. The lowest BCUT2D eigenvalue weighted by atomic mass is 10.1. The van der Waals surface area contributed by atoms with Gasteiger partial charge in [0.25, 0.3) is 5.91 Å². The number of hydrogen-bond acceptors (Lipinski definition) is 8. The molecule has 2 aliphatic heterocycles. The van der Waals surface area contributed by atoms with Gasteiger partial charge in [0.15, 0.2) is 11.8 Å². The van der Waals surface area contributed by atoms with Gasteiger partial charge in [0, 0.05) is 34.3 Å². The molecule has 2 atom stereocenters. The molecule has 4 rings (SSSR count). The summed E-state index contributed by atoms with van der Waals surface area (Å²) in [5, 5.41) is 24.2. The molecule has 35 heavy (non-hydrogen) atoms. The lowest BCUT2D eigenvalue weighted by Gasteiger charge is -2.33. The van der Waals surface area contributed by atoms with Crippen molar-refractivity contribution in [1.82, 2.24) is 15.5 Å². The number of amidine groups is 1. The summed E-state index contributed by atoms with van der Waals surface area (Å²) in [4.78, 5) is 41.0. The zero-order valence-corrected chi connectivity index (χ0v) is 19.9. The summed E-state index contributed by atoms with van der Waals surface area (Å²) in [7, 11) is 0. The Morgan fingerprint density at radius 1 is 1.26 bits per heavy atom. The van der Waals surface area contributed by atoms with Crippen LogP contribution in [0.2, 0.25) is 0 Å². The van der Waals surface area contributed by atoms with Crippen molar-refractivity contribution in [1.29, 1.82) is 5.41 Å². The Morgan fingerprint density at radius 2 is 1.94 bits per heavy atom. The fraction of sp³-hybridized carbons (Fsp3) is 0.391. The zero-order chi connectivity index (χ0) is 25.2. The van der Waals surface area contributed by atoms with Crippen molar-refractivity contribution in [2.24, 2.45) is 5.73 Å². The van der Waals surface area contributed by atoms with E-state index in [2.05, 4.69) is 10.6 Å². The van der Waals surface area contributed by atoms with Gasteiger partial charge in [-0.25, -0.2) is 0 Å². The van der Waals surface area contributed by atoms with E-state index in [0.29, 0.717) is 30.8 Å². The average Bonchev–Trinajstić information content (AvgIpc) is 3.58. The Kier molecular flexibility index (Phi) is 7.05. The molecular weight excluding hydrogens is 474 g/mol. The Balaban J connectivity index is 1.45. The second-order valence-electron chi connectivity index (χ2n) is 8.36. The van der Waals surface area contributed by atoms with Crippen molar-refractivity contribution in [3.8, 4) is 5.75 Å². The molecule has 3 heterocycles. The lowest BCUT2D eigenvalue weighted by molar-refractivity contribution is -0.183. The van der Waals surface area contributed by atoms with Crippen molar-refractivity contribution < 1.29 is 29.0 Å². The molecule has 186 valence electrons. The van der Waals surface area contributed by atoms with Gasteiger partial charge < -0.3 is 35.8 Å². The van der Waals surface area contributed by atoms with E-state index in [0.717, 1.165) is 4.88 Å². The van der Waals surface area contributed by atoms with Gasteiger partial charge in [0.1, 0.15) is 11.6 Å². The number of nitrogens with two attached hydrogens (primary N) is 1. The van der Waals surface area contributed by atoms with Crippen LogP contribution >= 0.6 is 11.3 Å². The molecular formula is C23H27N5O6S. The zero-order valence-electron chi connectivity index (χ0n) is 19.1. The number of ether oxygens (including phenoxy) is 2. The van der Waals surface area contributed by atoms with Gasteiger partial charge in [-0.2, -0.15) is 0 Å². The van der Waals surface area contributed by atoms with Gasteiger partial charge in [-0.15, -0.1) is 11.3 Å². The van der Waals surface area contributed by atoms with Gasteiger partial charge >= 0.3 is 0 Å². The van der Waals surface area contributed by atoms with Crippen LogP contribution in [0, 0.1) is 5.41 Å². The largest absolute Gasteiger partial charge is 0.508 e. The number of benzene rings is 1. The molecule has 12 heteroatoms. The Hall–Kier alpha value is -3.48. The van der Waals surface area contributed by atoms with Gasteiger partial charge in [-0.05, 0) is 37.3 Å². The average molecular weight is 502 g/mol. The third-order valence-electron chi connectivity index (χ3n) is 6.02. The highest BCUT2D eigenvalue weighted by atomic mass is 32.1. The van der Waals surface area contributed by atoms with Gasteiger partial charge in [-0.3, -0.25) is 19.8 Å². The molecule has 0 unspecified atom stereocenters. The van der Waals surface area contributed by atoms with E-state index in [1.807, 2.05) is 0 Å². The van der Waals surface area contributed by atoms with E-state index < -0.39 is 35.6 Å². The van der Waals surface area contributed by atoms with Gasteiger partial charge in [-0.1, -0.05) is 0 Å². The molecule has 11 nitrogen and oxygen atoms in total. The molecule has 6 N–H and O–H groups in total. The van der Waals surface area contributed by atoms with Crippen LogP contribution in [-0.2, 0) is 19.1 Å². The van der Waals surface area contributed by atoms with E-state index >= 15 is 0 Å². The number of carbonyl (C=O) groups excluding carboxylic acids is 3. The quantitative estimate of drug-likeness (QED) is 0.275. The minimum Gasteiger partial charge on any atom is -0.508 e. The number of hydrogen-bond donors (Lipinski definition) is 5. The smallest absolute Gasteiger partial charge is 0.251 e. The molecule has 1 spiro atoms. The molecule has 0 aliphatic carbocycles. The number of nitrogens with one attached hydrogen (secondary N) is 3. The molecule has 2 fully saturated rings. The van der Waals surface area contributed by atoms with Crippen LogP contribution < -0.4 is 16.4 Å².